The topological polar surface area (TPSA) is 122 Å². The van der Waals surface area contributed by atoms with Gasteiger partial charge in [0.2, 0.25) is 23.6 Å². The van der Waals surface area contributed by atoms with E-state index in [1.165, 1.54) is 9.80 Å². The zero-order valence-corrected chi connectivity index (χ0v) is 31.4. The summed E-state index contributed by atoms with van der Waals surface area (Å²) in [5, 5.41) is 15.8. The molecule has 2 aliphatic heterocycles. The van der Waals surface area contributed by atoms with Crippen molar-refractivity contribution in [2.24, 2.45) is 36.1 Å². The molecule has 3 fully saturated rings. The number of para-hydroxylation sites is 1. The number of thiophene rings is 1. The van der Waals surface area contributed by atoms with Crippen molar-refractivity contribution >= 4 is 68.2 Å². The standard InChI is InChI=1S/C42H37ClN4O6S/c1-22-29-19-24(43)11-16-33(29)54-37(22)32-21-34(45(3)44-32)47-39(50)31-20-30-27(14-15-28-35(30)40(51)46(38(28)49)25-7-5-4-6-8-25)36(42(31,2)41(47)52)23-9-12-26(13-10-23)53-18-17-48/h4-14,16,19,21,28,30-31,35-36,48H,15,17-18,20H2,1-3H3/t28-,30+,31-,35-,36-,42+/m0/s1. The van der Waals surface area contributed by atoms with Crippen LogP contribution >= 0.6 is 22.9 Å². The molecule has 1 saturated carbocycles. The number of allylic oxidation sites excluding steroid dienone is 2. The maximum Gasteiger partial charge on any atom is 0.242 e. The van der Waals surface area contributed by atoms with Gasteiger partial charge >= 0.3 is 0 Å². The molecule has 12 heteroatoms. The van der Waals surface area contributed by atoms with Gasteiger partial charge in [0.15, 0.2) is 0 Å². The van der Waals surface area contributed by atoms with Crippen molar-refractivity contribution in [2.75, 3.05) is 23.0 Å². The van der Waals surface area contributed by atoms with Gasteiger partial charge in [0.1, 0.15) is 23.9 Å². The zero-order valence-electron chi connectivity index (χ0n) is 29.9. The number of imide groups is 2. The van der Waals surface area contributed by atoms with E-state index in [9.17, 15) is 19.5 Å². The average Bonchev–Trinajstić information content (AvgIpc) is 3.84. The summed E-state index contributed by atoms with van der Waals surface area (Å²) >= 11 is 7.90. The summed E-state index contributed by atoms with van der Waals surface area (Å²) in [5.74, 6) is -3.26. The molecule has 9 rings (SSSR count). The molecule has 0 radical (unpaired) electrons. The molecule has 2 aromatic heterocycles. The van der Waals surface area contributed by atoms with Crippen molar-refractivity contribution in [1.29, 1.82) is 0 Å². The van der Waals surface area contributed by atoms with Crippen molar-refractivity contribution in [3.05, 3.63) is 107 Å². The molecule has 54 heavy (non-hydrogen) atoms. The number of hydrogen-bond acceptors (Lipinski definition) is 8. The van der Waals surface area contributed by atoms with E-state index in [0.717, 1.165) is 31.7 Å². The Morgan fingerprint density at radius 1 is 0.944 bits per heavy atom. The number of ether oxygens (including phenoxy) is 1. The zero-order chi connectivity index (χ0) is 37.6. The fourth-order valence-electron chi connectivity index (χ4n) is 9.58. The first-order chi connectivity index (χ1) is 26.0. The number of hydrogen-bond donors (Lipinski definition) is 1. The molecular formula is C42H37ClN4O6S. The summed E-state index contributed by atoms with van der Waals surface area (Å²) in [7, 11) is 1.74. The number of carbonyl (C=O) groups excluding carboxylic acids is 4. The van der Waals surface area contributed by atoms with Gasteiger partial charge in [-0.05, 0) is 91.6 Å². The molecule has 6 atom stereocenters. The lowest BCUT2D eigenvalue weighted by atomic mass is 9.51. The molecule has 3 aromatic carbocycles. The number of benzene rings is 3. The number of rotatable bonds is 7. The molecule has 0 unspecified atom stereocenters. The average molecular weight is 761 g/mol. The van der Waals surface area contributed by atoms with Crippen LogP contribution in [0.3, 0.4) is 0 Å². The lowest BCUT2D eigenvalue weighted by Gasteiger charge is -2.49. The first-order valence-corrected chi connectivity index (χ1v) is 19.3. The number of amides is 4. The number of nitrogens with zero attached hydrogens (tertiary/aromatic N) is 4. The predicted octanol–water partition coefficient (Wildman–Crippen LogP) is 7.07. The van der Waals surface area contributed by atoms with Crippen LogP contribution in [-0.4, -0.2) is 51.7 Å². The maximum absolute atomic E-state index is 15.1. The number of aliphatic hydroxyl groups excluding tert-OH is 1. The molecule has 10 nitrogen and oxygen atoms in total. The number of aryl methyl sites for hydroxylation is 2. The molecule has 5 aromatic rings. The lowest BCUT2D eigenvalue weighted by Crippen LogP contribution is -2.48. The number of aromatic nitrogens is 2. The number of aliphatic hydroxyl groups is 1. The van der Waals surface area contributed by atoms with Gasteiger partial charge in [-0.3, -0.25) is 28.8 Å². The van der Waals surface area contributed by atoms with Crippen molar-refractivity contribution in [3.8, 4) is 16.3 Å². The van der Waals surface area contributed by atoms with E-state index >= 15 is 4.79 Å². The normalized spacial score (nSPS) is 26.3. The third-order valence-corrected chi connectivity index (χ3v) is 13.6. The Bertz CT molecular complexity index is 2420. The Morgan fingerprint density at radius 2 is 1.70 bits per heavy atom. The van der Waals surface area contributed by atoms with Crippen molar-refractivity contribution in [3.63, 3.8) is 0 Å². The highest BCUT2D eigenvalue weighted by Gasteiger charge is 2.68. The second-order valence-corrected chi connectivity index (χ2v) is 16.3. The van der Waals surface area contributed by atoms with Gasteiger partial charge in [0.25, 0.3) is 0 Å². The third kappa shape index (κ3) is 4.98. The summed E-state index contributed by atoms with van der Waals surface area (Å²) in [5.41, 5.74) is 2.69. The first kappa shape index (κ1) is 34.7. The van der Waals surface area contributed by atoms with Crippen LogP contribution in [0.4, 0.5) is 11.5 Å². The smallest absolute Gasteiger partial charge is 0.242 e. The van der Waals surface area contributed by atoms with Crippen LogP contribution in [0.2, 0.25) is 5.02 Å². The number of anilines is 2. The van der Waals surface area contributed by atoms with E-state index in [1.54, 1.807) is 65.5 Å². The van der Waals surface area contributed by atoms with Crippen LogP contribution in [0.25, 0.3) is 20.7 Å². The molecule has 0 spiro atoms. The molecule has 0 bridgehead atoms. The minimum absolute atomic E-state index is 0.132. The van der Waals surface area contributed by atoms with E-state index in [0.29, 0.717) is 34.4 Å². The van der Waals surface area contributed by atoms with Crippen molar-refractivity contribution < 1.29 is 29.0 Å². The van der Waals surface area contributed by atoms with Crippen LogP contribution in [0.15, 0.2) is 90.5 Å². The fourth-order valence-corrected chi connectivity index (χ4v) is 10.9. The summed E-state index contributed by atoms with van der Waals surface area (Å²) in [4.78, 5) is 61.7. The number of carbonyl (C=O) groups is 4. The van der Waals surface area contributed by atoms with E-state index < -0.39 is 35.0 Å². The summed E-state index contributed by atoms with van der Waals surface area (Å²) in [6.45, 7) is 3.89. The highest BCUT2D eigenvalue weighted by molar-refractivity contribution is 7.22. The largest absolute Gasteiger partial charge is 0.491 e. The van der Waals surface area contributed by atoms with E-state index in [2.05, 4.69) is 0 Å². The van der Waals surface area contributed by atoms with Crippen molar-refractivity contribution in [1.82, 2.24) is 9.78 Å². The van der Waals surface area contributed by atoms with Crippen LogP contribution < -0.4 is 14.5 Å². The van der Waals surface area contributed by atoms with Gasteiger partial charge in [-0.15, -0.1) is 11.3 Å². The van der Waals surface area contributed by atoms with Gasteiger partial charge in [0, 0.05) is 28.8 Å². The molecule has 2 aliphatic carbocycles. The fraction of sp³-hybridized carbons (Fsp3) is 0.310. The van der Waals surface area contributed by atoms with Gasteiger partial charge < -0.3 is 9.84 Å². The molecule has 1 N–H and O–H groups in total. The van der Waals surface area contributed by atoms with Gasteiger partial charge in [-0.2, -0.15) is 5.10 Å². The SMILES string of the molecule is Cc1c(-c2cc(N3C(=O)[C@@H]4C[C@@H]5C(=CC[C@@H]6C(=O)N(c7ccccc7)C(=O)[C@@H]65)[C@H](c5ccc(OCCO)cc5)[C@]4(C)C3=O)n(C)n2)sc2ccc(Cl)cc12. The molecule has 274 valence electrons. The Balaban J connectivity index is 1.14. The van der Waals surface area contributed by atoms with E-state index in [4.69, 9.17) is 21.4 Å². The Kier molecular flexibility index (Phi) is 8.18. The van der Waals surface area contributed by atoms with Gasteiger partial charge in [-0.1, -0.05) is 53.6 Å². The second-order valence-electron chi connectivity index (χ2n) is 14.9. The van der Waals surface area contributed by atoms with E-state index in [1.807, 2.05) is 56.3 Å². The third-order valence-electron chi connectivity index (χ3n) is 12.1. The maximum atomic E-state index is 15.1. The predicted molar refractivity (Wildman–Crippen MR) is 206 cm³/mol. The van der Waals surface area contributed by atoms with Crippen LogP contribution in [-0.2, 0) is 26.2 Å². The molecule has 4 aliphatic rings. The summed E-state index contributed by atoms with van der Waals surface area (Å²) < 4.78 is 8.30. The first-order valence-electron chi connectivity index (χ1n) is 18.1. The quantitative estimate of drug-likeness (QED) is 0.139. The summed E-state index contributed by atoms with van der Waals surface area (Å²) in [6.07, 6.45) is 2.66. The molecule has 4 heterocycles. The van der Waals surface area contributed by atoms with Gasteiger partial charge in [0.05, 0.1) is 40.3 Å². The Morgan fingerprint density at radius 3 is 2.44 bits per heavy atom. The highest BCUT2D eigenvalue weighted by atomic mass is 35.5. The Hall–Kier alpha value is -5.10. The summed E-state index contributed by atoms with van der Waals surface area (Å²) in [6, 6.07) is 23.9. The number of halogens is 1. The molecule has 2 saturated heterocycles. The highest BCUT2D eigenvalue weighted by Crippen LogP contribution is 2.64. The number of fused-ring (bicyclic) bond motifs is 5. The minimum Gasteiger partial charge on any atom is -0.491 e. The Labute approximate surface area is 320 Å². The van der Waals surface area contributed by atoms with E-state index in [-0.39, 0.29) is 43.3 Å². The monoisotopic (exact) mass is 760 g/mol. The van der Waals surface area contributed by atoms with Gasteiger partial charge in [-0.25, -0.2) is 4.90 Å². The molecule has 4 amide bonds. The second kappa shape index (κ2) is 12.8. The van der Waals surface area contributed by atoms with Crippen LogP contribution in [0.1, 0.15) is 36.8 Å². The minimum atomic E-state index is -1.21. The van der Waals surface area contributed by atoms with Crippen LogP contribution in [0, 0.1) is 36.0 Å². The van der Waals surface area contributed by atoms with Crippen molar-refractivity contribution in [2.45, 2.75) is 32.6 Å². The molecular weight excluding hydrogens is 724 g/mol. The lowest BCUT2D eigenvalue weighted by molar-refractivity contribution is -0.131. The van der Waals surface area contributed by atoms with Crippen LogP contribution in [0.5, 0.6) is 5.75 Å².